The van der Waals surface area contributed by atoms with E-state index in [0.717, 1.165) is 15.5 Å². The minimum atomic E-state index is -1.21. The van der Waals surface area contributed by atoms with E-state index in [9.17, 15) is 28.7 Å². The Morgan fingerprint density at radius 1 is 1.12 bits per heavy atom. The van der Waals surface area contributed by atoms with Gasteiger partial charge in [0.05, 0.1) is 22.3 Å². The molecule has 0 aliphatic rings. The zero-order chi connectivity index (χ0) is 24.6. The standard InChI is InChI=1S/C23H19FN4O5S/c1-11-3-8-18(34-11)19(22(31)32)27-20(29)12-4-6-13(7-5-12)28-21(30)14-9-15(24)17(25-2)10-16(14)26-23(28)33/h3-10,19,25H,1-2H3,(H,26,33)(H,27,29)(H,31,32). The lowest BCUT2D eigenvalue weighted by atomic mass is 10.1. The van der Waals surface area contributed by atoms with E-state index in [2.05, 4.69) is 15.6 Å². The molecule has 2 aromatic heterocycles. The molecule has 174 valence electrons. The van der Waals surface area contributed by atoms with Gasteiger partial charge in [-0.25, -0.2) is 18.5 Å². The van der Waals surface area contributed by atoms with Crippen LogP contribution in [0.5, 0.6) is 0 Å². The monoisotopic (exact) mass is 482 g/mol. The maximum Gasteiger partial charge on any atom is 0.333 e. The number of rotatable bonds is 6. The van der Waals surface area contributed by atoms with E-state index < -0.39 is 35.0 Å². The number of hydrogen-bond acceptors (Lipinski definition) is 6. The van der Waals surface area contributed by atoms with E-state index >= 15 is 0 Å². The molecule has 1 atom stereocenters. The molecule has 4 aromatic rings. The van der Waals surface area contributed by atoms with Crippen LogP contribution in [0.1, 0.15) is 26.2 Å². The molecule has 1 amide bonds. The number of benzene rings is 2. The Bertz CT molecular complexity index is 1540. The first-order valence-corrected chi connectivity index (χ1v) is 10.9. The molecule has 4 rings (SSSR count). The van der Waals surface area contributed by atoms with Gasteiger partial charge in [0.1, 0.15) is 5.82 Å². The van der Waals surface area contributed by atoms with Gasteiger partial charge in [0.15, 0.2) is 6.04 Å². The summed E-state index contributed by atoms with van der Waals surface area (Å²) in [6, 6.07) is 10.0. The van der Waals surface area contributed by atoms with Crippen molar-refractivity contribution in [2.45, 2.75) is 13.0 Å². The van der Waals surface area contributed by atoms with Crippen molar-refractivity contribution in [3.63, 3.8) is 0 Å². The second-order valence-corrected chi connectivity index (χ2v) is 8.76. The van der Waals surface area contributed by atoms with Crippen LogP contribution in [0.3, 0.4) is 0 Å². The summed E-state index contributed by atoms with van der Waals surface area (Å²) in [5.41, 5.74) is -0.854. The van der Waals surface area contributed by atoms with Crippen LogP contribution >= 0.6 is 11.3 Å². The smallest absolute Gasteiger partial charge is 0.333 e. The fourth-order valence-corrected chi connectivity index (χ4v) is 4.42. The number of aromatic nitrogens is 2. The molecule has 34 heavy (non-hydrogen) atoms. The molecule has 0 saturated carbocycles. The number of aromatic amines is 1. The third-order valence-electron chi connectivity index (χ3n) is 5.21. The molecular formula is C23H19FN4O5S. The molecule has 0 spiro atoms. The lowest BCUT2D eigenvalue weighted by molar-refractivity contribution is -0.139. The Balaban J connectivity index is 1.66. The van der Waals surface area contributed by atoms with Crippen LogP contribution in [0, 0.1) is 12.7 Å². The highest BCUT2D eigenvalue weighted by atomic mass is 32.1. The maximum atomic E-state index is 14.2. The Hall–Kier alpha value is -4.25. The fourth-order valence-electron chi connectivity index (χ4n) is 3.50. The third kappa shape index (κ3) is 4.20. The summed E-state index contributed by atoms with van der Waals surface area (Å²) < 4.78 is 15.0. The van der Waals surface area contributed by atoms with Gasteiger partial charge >= 0.3 is 11.7 Å². The summed E-state index contributed by atoms with van der Waals surface area (Å²) in [6.07, 6.45) is 0. The number of nitrogens with zero attached hydrogens (tertiary/aromatic N) is 1. The number of aliphatic carboxylic acids is 1. The summed E-state index contributed by atoms with van der Waals surface area (Å²) in [4.78, 5) is 53.7. The maximum absolute atomic E-state index is 14.2. The molecule has 0 bridgehead atoms. The first kappa shape index (κ1) is 22.9. The summed E-state index contributed by atoms with van der Waals surface area (Å²) in [6.45, 7) is 1.83. The highest BCUT2D eigenvalue weighted by molar-refractivity contribution is 7.12. The lowest BCUT2D eigenvalue weighted by Gasteiger charge is -2.13. The molecule has 11 heteroatoms. The molecule has 1 unspecified atom stereocenters. The van der Waals surface area contributed by atoms with Gasteiger partial charge in [-0.1, -0.05) is 0 Å². The zero-order valence-corrected chi connectivity index (χ0v) is 18.8. The van der Waals surface area contributed by atoms with Gasteiger partial charge in [0.25, 0.3) is 11.5 Å². The molecule has 9 nitrogen and oxygen atoms in total. The van der Waals surface area contributed by atoms with Crippen LogP contribution in [0.15, 0.2) is 58.1 Å². The molecule has 0 radical (unpaired) electrons. The second-order valence-electron chi connectivity index (χ2n) is 7.44. The predicted octanol–water partition coefficient (Wildman–Crippen LogP) is 2.79. The van der Waals surface area contributed by atoms with Gasteiger partial charge in [-0.15, -0.1) is 11.3 Å². The van der Waals surface area contributed by atoms with Crippen molar-refractivity contribution in [3.8, 4) is 5.69 Å². The number of hydrogen-bond donors (Lipinski definition) is 4. The number of fused-ring (bicyclic) bond motifs is 1. The van der Waals surface area contributed by atoms with Crippen molar-refractivity contribution >= 4 is 39.8 Å². The van der Waals surface area contributed by atoms with Crippen LogP contribution in [0.2, 0.25) is 0 Å². The van der Waals surface area contributed by atoms with Gasteiger partial charge in [-0.3, -0.25) is 9.59 Å². The van der Waals surface area contributed by atoms with Crippen molar-refractivity contribution in [1.29, 1.82) is 0 Å². The Morgan fingerprint density at radius 3 is 2.41 bits per heavy atom. The van der Waals surface area contributed by atoms with Gasteiger partial charge in [-0.2, -0.15) is 0 Å². The largest absolute Gasteiger partial charge is 0.479 e. The van der Waals surface area contributed by atoms with E-state index in [1.54, 1.807) is 12.1 Å². The van der Waals surface area contributed by atoms with Crippen molar-refractivity contribution < 1.29 is 19.1 Å². The van der Waals surface area contributed by atoms with Crippen molar-refractivity contribution in [2.24, 2.45) is 0 Å². The van der Waals surface area contributed by atoms with Crippen LogP contribution in [-0.2, 0) is 4.79 Å². The van der Waals surface area contributed by atoms with Crippen LogP contribution in [0.4, 0.5) is 10.1 Å². The van der Waals surface area contributed by atoms with Gasteiger partial charge in [-0.05, 0) is 55.5 Å². The molecule has 2 aromatic carbocycles. The first-order chi connectivity index (χ1) is 16.2. The zero-order valence-electron chi connectivity index (χ0n) is 18.0. The number of carboxylic acids is 1. The van der Waals surface area contributed by atoms with E-state index in [1.807, 2.05) is 6.92 Å². The van der Waals surface area contributed by atoms with E-state index in [-0.39, 0.29) is 27.8 Å². The third-order valence-corrected chi connectivity index (χ3v) is 6.28. The summed E-state index contributed by atoms with van der Waals surface area (Å²) in [5.74, 6) is -2.48. The number of anilines is 1. The van der Waals surface area contributed by atoms with Crippen molar-refractivity contribution in [2.75, 3.05) is 12.4 Å². The number of carbonyl (C=O) groups is 2. The molecule has 0 aliphatic heterocycles. The van der Waals surface area contributed by atoms with Gasteiger partial charge in [0.2, 0.25) is 0 Å². The van der Waals surface area contributed by atoms with Gasteiger partial charge < -0.3 is 20.7 Å². The number of aryl methyl sites for hydroxylation is 1. The van der Waals surface area contributed by atoms with Crippen LogP contribution in [-0.4, -0.2) is 33.6 Å². The number of halogens is 1. The Kier molecular flexibility index (Phi) is 6.03. The molecule has 0 aliphatic carbocycles. The average molecular weight is 482 g/mol. The van der Waals surface area contributed by atoms with Gasteiger partial charge in [0, 0.05) is 22.4 Å². The number of carbonyl (C=O) groups excluding carboxylic acids is 1. The lowest BCUT2D eigenvalue weighted by Crippen LogP contribution is -2.34. The van der Waals surface area contributed by atoms with Crippen LogP contribution < -0.4 is 21.9 Å². The first-order valence-electron chi connectivity index (χ1n) is 10.1. The topological polar surface area (TPSA) is 133 Å². The number of carboxylic acid groups (broad SMARTS) is 1. The number of nitrogens with one attached hydrogen (secondary N) is 3. The SMILES string of the molecule is CNc1cc2[nH]c(=O)n(-c3ccc(C(=O)NC(C(=O)O)c4ccc(C)s4)cc3)c(=O)c2cc1F. The second kappa shape index (κ2) is 8.94. The highest BCUT2D eigenvalue weighted by Crippen LogP contribution is 2.24. The molecular weight excluding hydrogens is 463 g/mol. The molecule has 0 fully saturated rings. The molecule has 0 saturated heterocycles. The number of H-pyrrole nitrogens is 1. The Morgan fingerprint density at radius 2 is 1.82 bits per heavy atom. The number of amides is 1. The highest BCUT2D eigenvalue weighted by Gasteiger charge is 2.24. The Labute approximate surface area is 195 Å². The minimum absolute atomic E-state index is 0.0199. The molecule has 4 N–H and O–H groups in total. The van der Waals surface area contributed by atoms with Crippen molar-refractivity contribution in [1.82, 2.24) is 14.9 Å². The average Bonchev–Trinajstić information content (AvgIpc) is 3.23. The quantitative estimate of drug-likeness (QED) is 0.334. The van der Waals surface area contributed by atoms with E-state index in [0.29, 0.717) is 4.88 Å². The van der Waals surface area contributed by atoms with E-state index in [4.69, 9.17) is 0 Å². The fraction of sp³-hybridized carbons (Fsp3) is 0.130. The number of thiophene rings is 1. The molecule has 2 heterocycles. The normalized spacial score (nSPS) is 11.9. The van der Waals surface area contributed by atoms with Crippen LogP contribution in [0.25, 0.3) is 16.6 Å². The predicted molar refractivity (Wildman–Crippen MR) is 127 cm³/mol. The van der Waals surface area contributed by atoms with E-state index in [1.165, 1.54) is 48.7 Å². The summed E-state index contributed by atoms with van der Waals surface area (Å²) >= 11 is 1.27. The minimum Gasteiger partial charge on any atom is -0.479 e. The summed E-state index contributed by atoms with van der Waals surface area (Å²) in [5, 5.41) is 14.6. The summed E-state index contributed by atoms with van der Waals surface area (Å²) in [7, 11) is 1.52. The van der Waals surface area contributed by atoms with Crippen molar-refractivity contribution in [3.05, 3.63) is 90.5 Å².